The summed E-state index contributed by atoms with van der Waals surface area (Å²) in [4.78, 5) is 0.921. The topological polar surface area (TPSA) is 26.0 Å². The molecule has 0 fully saturated rings. The van der Waals surface area contributed by atoms with Crippen molar-refractivity contribution in [1.29, 1.82) is 0 Å². The molecule has 0 aliphatic carbocycles. The van der Waals surface area contributed by atoms with Crippen molar-refractivity contribution in [1.82, 2.24) is 0 Å². The lowest BCUT2D eigenvalue weighted by atomic mass is 10.3. The van der Waals surface area contributed by atoms with Crippen LogP contribution in [0.3, 0.4) is 0 Å². The van der Waals surface area contributed by atoms with Crippen molar-refractivity contribution in [2.75, 3.05) is 11.5 Å². The number of hydrogen-bond donors (Lipinski definition) is 1. The van der Waals surface area contributed by atoms with E-state index >= 15 is 0 Å². The number of nitrogen functional groups attached to an aromatic ring is 1. The Morgan fingerprint density at radius 3 is 2.85 bits per heavy atom. The Balaban J connectivity index is 2.81. The van der Waals surface area contributed by atoms with Gasteiger partial charge in [-0.25, -0.2) is 0 Å². The van der Waals surface area contributed by atoms with Gasteiger partial charge in [0.15, 0.2) is 0 Å². The van der Waals surface area contributed by atoms with Gasteiger partial charge in [-0.15, -0.1) is 11.8 Å². The zero-order valence-corrected chi connectivity index (χ0v) is 10.0. The van der Waals surface area contributed by atoms with Crippen molar-refractivity contribution in [2.24, 2.45) is 0 Å². The highest BCUT2D eigenvalue weighted by molar-refractivity contribution is 9.11. The maximum absolute atomic E-state index is 5.97. The Hall–Kier alpha value is -0.120. The van der Waals surface area contributed by atoms with Gasteiger partial charge in [-0.2, -0.15) is 0 Å². The third-order valence-corrected chi connectivity index (χ3v) is 3.69. The van der Waals surface area contributed by atoms with Crippen molar-refractivity contribution in [2.45, 2.75) is 4.90 Å². The number of thioether (sulfide) groups is 1. The molecule has 0 spiro atoms. The second-order valence-corrected chi connectivity index (χ2v) is 4.98. The van der Waals surface area contributed by atoms with Gasteiger partial charge in [0.05, 0.1) is 5.02 Å². The molecule has 1 aromatic carbocycles. The molecule has 0 aliphatic rings. The van der Waals surface area contributed by atoms with E-state index in [0.717, 1.165) is 15.1 Å². The van der Waals surface area contributed by atoms with Gasteiger partial charge in [0, 0.05) is 16.3 Å². The van der Waals surface area contributed by atoms with Crippen molar-refractivity contribution in [3.8, 4) is 0 Å². The SMILES string of the molecule is C=C(Br)CSc1c(N)cccc1Cl. The standard InChI is InChI=1S/C9H9BrClNS/c1-6(10)5-13-9-7(11)3-2-4-8(9)12/h2-4H,1,5,12H2. The summed E-state index contributed by atoms with van der Waals surface area (Å²) >= 11 is 10.8. The summed E-state index contributed by atoms with van der Waals surface area (Å²) in [7, 11) is 0. The van der Waals surface area contributed by atoms with Crippen molar-refractivity contribution >= 4 is 45.0 Å². The Kier molecular flexibility index (Phi) is 4.16. The number of hydrogen-bond acceptors (Lipinski definition) is 2. The maximum atomic E-state index is 5.97. The molecule has 2 N–H and O–H groups in total. The lowest BCUT2D eigenvalue weighted by Crippen LogP contribution is -1.89. The van der Waals surface area contributed by atoms with Gasteiger partial charge in [0.25, 0.3) is 0 Å². The zero-order valence-electron chi connectivity index (χ0n) is 6.89. The maximum Gasteiger partial charge on any atom is 0.0562 e. The first-order chi connectivity index (χ1) is 6.11. The Morgan fingerprint density at radius 2 is 2.31 bits per heavy atom. The number of nitrogens with two attached hydrogens (primary N) is 1. The molecule has 1 nitrogen and oxygen atoms in total. The minimum absolute atomic E-state index is 0.693. The molecule has 0 heterocycles. The summed E-state index contributed by atoms with van der Waals surface area (Å²) in [5, 5.41) is 0.693. The number of benzene rings is 1. The Morgan fingerprint density at radius 1 is 1.62 bits per heavy atom. The fourth-order valence-electron chi connectivity index (χ4n) is 0.828. The van der Waals surface area contributed by atoms with E-state index in [2.05, 4.69) is 22.5 Å². The summed E-state index contributed by atoms with van der Waals surface area (Å²) in [6.07, 6.45) is 0. The quantitative estimate of drug-likeness (QED) is 0.670. The molecule has 0 saturated heterocycles. The fourth-order valence-corrected chi connectivity index (χ4v) is 2.26. The van der Waals surface area contributed by atoms with Crippen LogP contribution in [0.1, 0.15) is 0 Å². The van der Waals surface area contributed by atoms with Crippen LogP contribution in [0.2, 0.25) is 5.02 Å². The third-order valence-electron chi connectivity index (χ3n) is 1.37. The van der Waals surface area contributed by atoms with Crippen molar-refractivity contribution in [3.63, 3.8) is 0 Å². The molecule has 0 saturated carbocycles. The van der Waals surface area contributed by atoms with Crippen LogP contribution in [0.15, 0.2) is 34.2 Å². The Labute approximate surface area is 95.5 Å². The highest BCUT2D eigenvalue weighted by atomic mass is 79.9. The Bertz CT molecular complexity index is 307. The monoisotopic (exact) mass is 277 g/mol. The van der Waals surface area contributed by atoms with Crippen molar-refractivity contribution in [3.05, 3.63) is 34.3 Å². The van der Waals surface area contributed by atoms with E-state index < -0.39 is 0 Å². The third kappa shape index (κ3) is 3.25. The highest BCUT2D eigenvalue weighted by Gasteiger charge is 2.04. The predicted molar refractivity (Wildman–Crippen MR) is 64.7 cm³/mol. The molecule has 0 atom stereocenters. The van der Waals surface area contributed by atoms with Gasteiger partial charge in [-0.1, -0.05) is 40.2 Å². The first kappa shape index (κ1) is 11.0. The average Bonchev–Trinajstić information content (AvgIpc) is 2.03. The molecule has 0 aromatic heterocycles. The van der Waals surface area contributed by atoms with E-state index in [-0.39, 0.29) is 0 Å². The molecule has 1 aromatic rings. The van der Waals surface area contributed by atoms with Crippen LogP contribution in [-0.4, -0.2) is 5.75 Å². The predicted octanol–water partition coefficient (Wildman–Crippen LogP) is 3.92. The van der Waals surface area contributed by atoms with Crippen LogP contribution >= 0.6 is 39.3 Å². The minimum Gasteiger partial charge on any atom is -0.398 e. The summed E-state index contributed by atoms with van der Waals surface area (Å²) in [6, 6.07) is 5.51. The first-order valence-corrected chi connectivity index (χ1v) is 5.77. The van der Waals surface area contributed by atoms with Crippen LogP contribution < -0.4 is 5.73 Å². The lowest BCUT2D eigenvalue weighted by molar-refractivity contribution is 1.46. The summed E-state index contributed by atoms with van der Waals surface area (Å²) < 4.78 is 0.928. The number of halogens is 2. The van der Waals surface area contributed by atoms with Gasteiger partial charge in [-0.3, -0.25) is 0 Å². The molecule has 0 unspecified atom stereocenters. The van der Waals surface area contributed by atoms with E-state index in [1.54, 1.807) is 11.8 Å². The number of rotatable bonds is 3. The molecule has 0 aliphatic heterocycles. The highest BCUT2D eigenvalue weighted by Crippen LogP contribution is 2.33. The van der Waals surface area contributed by atoms with Crippen LogP contribution in [0.4, 0.5) is 5.69 Å². The second-order valence-electron chi connectivity index (χ2n) is 2.46. The largest absolute Gasteiger partial charge is 0.398 e. The molecule has 13 heavy (non-hydrogen) atoms. The molecule has 4 heteroatoms. The van der Waals surface area contributed by atoms with Gasteiger partial charge in [0.1, 0.15) is 0 Å². The van der Waals surface area contributed by atoms with Crippen LogP contribution in [-0.2, 0) is 0 Å². The minimum atomic E-state index is 0.693. The van der Waals surface area contributed by atoms with E-state index in [1.165, 1.54) is 0 Å². The van der Waals surface area contributed by atoms with Crippen LogP contribution in [0.25, 0.3) is 0 Å². The van der Waals surface area contributed by atoms with Gasteiger partial charge >= 0.3 is 0 Å². The molecular weight excluding hydrogens is 270 g/mol. The zero-order chi connectivity index (χ0) is 9.84. The average molecular weight is 279 g/mol. The summed E-state index contributed by atoms with van der Waals surface area (Å²) in [6.45, 7) is 3.74. The smallest absolute Gasteiger partial charge is 0.0562 e. The van der Waals surface area contributed by atoms with Gasteiger partial charge in [0.2, 0.25) is 0 Å². The lowest BCUT2D eigenvalue weighted by Gasteiger charge is -2.06. The molecular formula is C9H9BrClNS. The van der Waals surface area contributed by atoms with Crippen LogP contribution in [0.5, 0.6) is 0 Å². The van der Waals surface area contributed by atoms with E-state index in [0.29, 0.717) is 10.7 Å². The van der Waals surface area contributed by atoms with E-state index in [4.69, 9.17) is 17.3 Å². The fraction of sp³-hybridized carbons (Fsp3) is 0.111. The summed E-state index contributed by atoms with van der Waals surface area (Å²) in [5.41, 5.74) is 6.47. The van der Waals surface area contributed by atoms with Crippen molar-refractivity contribution < 1.29 is 0 Å². The van der Waals surface area contributed by atoms with Crippen LogP contribution in [0, 0.1) is 0 Å². The normalized spacial score (nSPS) is 10.0. The van der Waals surface area contributed by atoms with Gasteiger partial charge < -0.3 is 5.73 Å². The second kappa shape index (κ2) is 4.94. The van der Waals surface area contributed by atoms with E-state index in [9.17, 15) is 0 Å². The van der Waals surface area contributed by atoms with Gasteiger partial charge in [-0.05, 0) is 16.6 Å². The molecule has 0 radical (unpaired) electrons. The molecule has 0 bridgehead atoms. The first-order valence-electron chi connectivity index (χ1n) is 3.61. The van der Waals surface area contributed by atoms with E-state index in [1.807, 2.05) is 18.2 Å². The molecule has 0 amide bonds. The number of anilines is 1. The molecule has 1 rings (SSSR count). The summed E-state index contributed by atoms with van der Waals surface area (Å²) in [5.74, 6) is 0.772. The molecule has 70 valence electrons.